The van der Waals surface area contributed by atoms with Crippen LogP contribution in [0.15, 0.2) is 18.5 Å². The number of carbonyl (C=O) groups excluding carboxylic acids is 1. The van der Waals surface area contributed by atoms with E-state index < -0.39 is 5.82 Å². The number of nitrogens with one attached hydrogen (secondary N) is 2. The van der Waals surface area contributed by atoms with Crippen LogP contribution in [0.3, 0.4) is 0 Å². The van der Waals surface area contributed by atoms with E-state index in [2.05, 4.69) is 22.5 Å². The lowest BCUT2D eigenvalue weighted by Crippen LogP contribution is -2.52. The fourth-order valence-electron chi connectivity index (χ4n) is 3.57. The minimum absolute atomic E-state index is 0.0387. The third-order valence-corrected chi connectivity index (χ3v) is 5.26. The van der Waals surface area contributed by atoms with Gasteiger partial charge in [-0.2, -0.15) is 0 Å². The van der Waals surface area contributed by atoms with E-state index in [-0.39, 0.29) is 11.4 Å². The quantitative estimate of drug-likeness (QED) is 0.840. The van der Waals surface area contributed by atoms with E-state index in [9.17, 15) is 9.18 Å². The lowest BCUT2D eigenvalue weighted by Gasteiger charge is -2.35. The minimum atomic E-state index is -0.405. The van der Waals surface area contributed by atoms with Crippen molar-refractivity contribution >= 4 is 17.5 Å². The zero-order valence-corrected chi connectivity index (χ0v) is 15.7. The van der Waals surface area contributed by atoms with E-state index in [1.165, 1.54) is 50.8 Å². The number of amides is 1. The summed E-state index contributed by atoms with van der Waals surface area (Å²) in [6, 6.07) is 1.20. The Morgan fingerprint density at radius 1 is 1.36 bits per heavy atom. The molecule has 0 aromatic carbocycles. The summed E-state index contributed by atoms with van der Waals surface area (Å²) in [6.07, 6.45) is 12.6. The molecule has 25 heavy (non-hydrogen) atoms. The summed E-state index contributed by atoms with van der Waals surface area (Å²) in [6.45, 7) is 4.09. The first-order chi connectivity index (χ1) is 12.0. The van der Waals surface area contributed by atoms with Crippen molar-refractivity contribution in [2.45, 2.75) is 63.8 Å². The molecule has 140 valence electrons. The first-order valence-corrected chi connectivity index (χ1v) is 9.62. The van der Waals surface area contributed by atoms with Crippen LogP contribution in [0.4, 0.5) is 4.39 Å². The first-order valence-electron chi connectivity index (χ1n) is 9.25. The normalized spacial score (nSPS) is 24.2. The van der Waals surface area contributed by atoms with Crippen molar-refractivity contribution in [1.29, 1.82) is 0 Å². The van der Waals surface area contributed by atoms with Gasteiger partial charge in [0, 0.05) is 24.7 Å². The highest BCUT2D eigenvalue weighted by molar-refractivity contribution is 6.30. The maximum Gasteiger partial charge on any atom is 0.221 e. The molecule has 3 rings (SSSR count). The fraction of sp³-hybridized carbons (Fsp3) is 0.684. The molecule has 1 aliphatic carbocycles. The van der Waals surface area contributed by atoms with Gasteiger partial charge in [-0.1, -0.05) is 43.7 Å². The monoisotopic (exact) mass is 369 g/mol. The van der Waals surface area contributed by atoms with Crippen LogP contribution >= 0.6 is 11.6 Å². The topological polar surface area (TPSA) is 54.0 Å². The average molecular weight is 370 g/mol. The van der Waals surface area contributed by atoms with E-state index >= 15 is 0 Å². The summed E-state index contributed by atoms with van der Waals surface area (Å²) in [5.41, 5.74) is 0.0387. The standard InChI is InChI=1S/C14H26N2O.C5H3ClFN/c1-14(8-10-15-13(17)11-14)16-9-7-12-5-3-2-4-6-12;6-4-1-5(7)3-8-2-4/h12,16H,2-11H2,1H3,(H,15,17);1-3H. The molecule has 1 amide bonds. The van der Waals surface area contributed by atoms with Gasteiger partial charge >= 0.3 is 0 Å². The number of piperidine rings is 1. The predicted octanol–water partition coefficient (Wildman–Crippen LogP) is 4.09. The molecule has 6 heteroatoms. The average Bonchev–Trinajstić information content (AvgIpc) is 2.56. The summed E-state index contributed by atoms with van der Waals surface area (Å²) in [7, 11) is 0. The SMILES string of the molecule is CC1(NCCC2CCCCC2)CCNC(=O)C1.Fc1cncc(Cl)c1. The van der Waals surface area contributed by atoms with Crippen molar-refractivity contribution < 1.29 is 9.18 Å². The van der Waals surface area contributed by atoms with Crippen LogP contribution in [-0.2, 0) is 4.79 Å². The molecule has 2 N–H and O–H groups in total. The third-order valence-electron chi connectivity index (χ3n) is 5.05. The number of nitrogens with zero attached hydrogens (tertiary/aromatic N) is 1. The first kappa shape index (κ1) is 20.1. The number of hydrogen-bond donors (Lipinski definition) is 2. The number of rotatable bonds is 4. The zero-order chi connectivity index (χ0) is 18.1. The summed E-state index contributed by atoms with van der Waals surface area (Å²) in [5.74, 6) is 0.721. The van der Waals surface area contributed by atoms with Gasteiger partial charge in [-0.3, -0.25) is 9.78 Å². The second kappa shape index (κ2) is 10.1. The highest BCUT2D eigenvalue weighted by Gasteiger charge is 2.30. The summed E-state index contributed by atoms with van der Waals surface area (Å²) in [5, 5.41) is 6.84. The van der Waals surface area contributed by atoms with Gasteiger partial charge in [0.15, 0.2) is 0 Å². The molecule has 1 aromatic rings. The maximum atomic E-state index is 12.0. The van der Waals surface area contributed by atoms with Crippen molar-refractivity contribution in [1.82, 2.24) is 15.6 Å². The van der Waals surface area contributed by atoms with E-state index in [1.807, 2.05) is 0 Å². The molecule has 2 aliphatic rings. The molecule has 0 radical (unpaired) electrons. The predicted molar refractivity (Wildman–Crippen MR) is 99.0 cm³/mol. The zero-order valence-electron chi connectivity index (χ0n) is 15.0. The largest absolute Gasteiger partial charge is 0.356 e. The molecular formula is C19H29ClFN3O. The summed E-state index contributed by atoms with van der Waals surface area (Å²) >= 11 is 5.34. The number of carbonyl (C=O) groups is 1. The summed E-state index contributed by atoms with van der Waals surface area (Å²) < 4.78 is 12.0. The van der Waals surface area contributed by atoms with Crippen molar-refractivity contribution in [2.24, 2.45) is 5.92 Å². The van der Waals surface area contributed by atoms with Crippen LogP contribution in [0.5, 0.6) is 0 Å². The van der Waals surface area contributed by atoms with Crippen molar-refractivity contribution in [3.63, 3.8) is 0 Å². The van der Waals surface area contributed by atoms with Gasteiger partial charge in [-0.25, -0.2) is 4.39 Å². The molecule has 1 unspecified atom stereocenters. The number of pyridine rings is 1. The number of aromatic nitrogens is 1. The Morgan fingerprint density at radius 2 is 2.12 bits per heavy atom. The van der Waals surface area contributed by atoms with Crippen LogP contribution in [-0.4, -0.2) is 29.5 Å². The van der Waals surface area contributed by atoms with Gasteiger partial charge in [-0.05, 0) is 38.3 Å². The van der Waals surface area contributed by atoms with E-state index in [0.29, 0.717) is 11.4 Å². The molecule has 1 aliphatic heterocycles. The molecule has 2 fully saturated rings. The van der Waals surface area contributed by atoms with Gasteiger partial charge in [0.1, 0.15) is 5.82 Å². The fourth-order valence-corrected chi connectivity index (χ4v) is 3.73. The Hall–Kier alpha value is -1.20. The third kappa shape index (κ3) is 7.70. The highest BCUT2D eigenvalue weighted by Crippen LogP contribution is 2.26. The number of hydrogen-bond acceptors (Lipinski definition) is 3. The van der Waals surface area contributed by atoms with Crippen LogP contribution in [0.1, 0.15) is 58.3 Å². The molecule has 1 saturated carbocycles. The van der Waals surface area contributed by atoms with Crippen LogP contribution < -0.4 is 10.6 Å². The Bertz CT molecular complexity index is 534. The van der Waals surface area contributed by atoms with Crippen molar-refractivity contribution in [3.05, 3.63) is 29.3 Å². The highest BCUT2D eigenvalue weighted by atomic mass is 35.5. The van der Waals surface area contributed by atoms with Gasteiger partial charge in [0.05, 0.1) is 11.2 Å². The molecule has 1 atom stereocenters. The summed E-state index contributed by atoms with van der Waals surface area (Å²) in [4.78, 5) is 14.9. The molecule has 1 aromatic heterocycles. The van der Waals surface area contributed by atoms with Crippen LogP contribution in [0.2, 0.25) is 5.02 Å². The lowest BCUT2D eigenvalue weighted by atomic mass is 9.86. The van der Waals surface area contributed by atoms with Gasteiger partial charge in [0.2, 0.25) is 5.91 Å². The lowest BCUT2D eigenvalue weighted by molar-refractivity contribution is -0.124. The molecule has 2 heterocycles. The second-order valence-electron chi connectivity index (χ2n) is 7.38. The molecule has 0 bridgehead atoms. The van der Waals surface area contributed by atoms with Crippen molar-refractivity contribution in [3.8, 4) is 0 Å². The van der Waals surface area contributed by atoms with Gasteiger partial charge < -0.3 is 10.6 Å². The molecule has 0 spiro atoms. The maximum absolute atomic E-state index is 12.0. The van der Waals surface area contributed by atoms with Crippen LogP contribution in [0, 0.1) is 11.7 Å². The van der Waals surface area contributed by atoms with E-state index in [1.54, 1.807) is 0 Å². The molecule has 1 saturated heterocycles. The second-order valence-corrected chi connectivity index (χ2v) is 7.81. The Morgan fingerprint density at radius 3 is 2.72 bits per heavy atom. The van der Waals surface area contributed by atoms with Crippen LogP contribution in [0.25, 0.3) is 0 Å². The van der Waals surface area contributed by atoms with E-state index in [0.717, 1.165) is 31.6 Å². The van der Waals surface area contributed by atoms with Gasteiger partial charge in [-0.15, -0.1) is 0 Å². The Labute approximate surface area is 154 Å². The van der Waals surface area contributed by atoms with E-state index in [4.69, 9.17) is 11.6 Å². The molecule has 4 nitrogen and oxygen atoms in total. The minimum Gasteiger partial charge on any atom is -0.356 e. The Kier molecular flexibility index (Phi) is 8.10. The smallest absolute Gasteiger partial charge is 0.221 e. The number of halogens is 2. The molecular weight excluding hydrogens is 341 g/mol. The van der Waals surface area contributed by atoms with Gasteiger partial charge in [0.25, 0.3) is 0 Å². The van der Waals surface area contributed by atoms with Crippen molar-refractivity contribution in [2.75, 3.05) is 13.1 Å². The Balaban J connectivity index is 0.000000236.